The number of benzene rings is 2. The monoisotopic (exact) mass is 350 g/mol. The van der Waals surface area contributed by atoms with Gasteiger partial charge >= 0.3 is 6.03 Å². The molecule has 1 unspecified atom stereocenters. The first-order valence-electron chi connectivity index (χ1n) is 7.16. The van der Waals surface area contributed by atoms with Crippen molar-refractivity contribution in [1.29, 1.82) is 0 Å². The van der Waals surface area contributed by atoms with E-state index in [-0.39, 0.29) is 12.1 Å². The van der Waals surface area contributed by atoms with E-state index in [0.717, 1.165) is 17.0 Å². The fourth-order valence-corrected chi connectivity index (χ4v) is 2.84. The summed E-state index contributed by atoms with van der Waals surface area (Å²) in [6, 6.07) is 9.33. The van der Waals surface area contributed by atoms with Gasteiger partial charge in [0, 0.05) is 5.02 Å². The molecule has 2 aromatic rings. The fraction of sp³-hybridized carbons (Fsp3) is 0.176. The lowest BCUT2D eigenvalue weighted by atomic mass is 9.92. The third-order valence-corrected chi connectivity index (χ3v) is 4.43. The summed E-state index contributed by atoms with van der Waals surface area (Å²) in [5, 5.41) is 2.97. The first-order valence-corrected chi connectivity index (χ1v) is 7.54. The lowest BCUT2D eigenvalue weighted by Crippen LogP contribution is -2.41. The van der Waals surface area contributed by atoms with Crippen LogP contribution in [0.2, 0.25) is 5.02 Å². The summed E-state index contributed by atoms with van der Waals surface area (Å²) >= 11 is 6.06. The molecule has 24 heavy (non-hydrogen) atoms. The van der Waals surface area contributed by atoms with Crippen LogP contribution >= 0.6 is 11.6 Å². The number of amides is 3. The van der Waals surface area contributed by atoms with Crippen molar-refractivity contribution in [3.8, 4) is 0 Å². The highest BCUT2D eigenvalue weighted by Gasteiger charge is 2.49. The molecule has 0 saturated carbocycles. The number of halogens is 3. The van der Waals surface area contributed by atoms with Crippen molar-refractivity contribution in [2.75, 3.05) is 0 Å². The van der Waals surface area contributed by atoms with Gasteiger partial charge in [-0.05, 0) is 36.2 Å². The van der Waals surface area contributed by atoms with Gasteiger partial charge in [0.2, 0.25) is 0 Å². The molecular formula is C17H13ClF2N2O2. The molecule has 0 aromatic heterocycles. The van der Waals surface area contributed by atoms with E-state index in [9.17, 15) is 18.4 Å². The summed E-state index contributed by atoms with van der Waals surface area (Å²) < 4.78 is 26.6. The van der Waals surface area contributed by atoms with Gasteiger partial charge in [0.15, 0.2) is 11.6 Å². The van der Waals surface area contributed by atoms with E-state index in [1.165, 1.54) is 13.0 Å². The minimum atomic E-state index is -1.47. The van der Waals surface area contributed by atoms with Crippen LogP contribution in [0.15, 0.2) is 42.5 Å². The maximum atomic E-state index is 13.5. The molecule has 0 radical (unpaired) electrons. The predicted molar refractivity (Wildman–Crippen MR) is 84.2 cm³/mol. The molecule has 2 aromatic carbocycles. The molecule has 3 rings (SSSR count). The summed E-state index contributed by atoms with van der Waals surface area (Å²) in [5.74, 6) is -2.66. The molecule has 7 heteroatoms. The van der Waals surface area contributed by atoms with Crippen LogP contribution in [-0.2, 0) is 16.9 Å². The van der Waals surface area contributed by atoms with E-state index in [1.54, 1.807) is 24.3 Å². The lowest BCUT2D eigenvalue weighted by molar-refractivity contribution is -0.131. The first-order chi connectivity index (χ1) is 11.3. The Morgan fingerprint density at radius 3 is 2.50 bits per heavy atom. The van der Waals surface area contributed by atoms with Crippen LogP contribution in [0.5, 0.6) is 0 Å². The number of imide groups is 1. The van der Waals surface area contributed by atoms with E-state index < -0.39 is 29.1 Å². The number of rotatable bonds is 3. The van der Waals surface area contributed by atoms with Gasteiger partial charge < -0.3 is 5.32 Å². The molecule has 1 aliphatic rings. The molecule has 1 aliphatic heterocycles. The van der Waals surface area contributed by atoms with Crippen molar-refractivity contribution < 1.29 is 18.4 Å². The van der Waals surface area contributed by atoms with Crippen LogP contribution in [0, 0.1) is 11.6 Å². The van der Waals surface area contributed by atoms with Gasteiger partial charge in [-0.1, -0.05) is 35.9 Å². The summed E-state index contributed by atoms with van der Waals surface area (Å²) in [4.78, 5) is 26.0. The molecule has 0 spiro atoms. The average molecular weight is 351 g/mol. The van der Waals surface area contributed by atoms with Gasteiger partial charge in [-0.15, -0.1) is 0 Å². The molecular weight excluding hydrogens is 338 g/mol. The van der Waals surface area contributed by atoms with Crippen molar-refractivity contribution >= 4 is 23.5 Å². The molecule has 3 amide bonds. The minimum absolute atomic E-state index is 0.0103. The maximum Gasteiger partial charge on any atom is 0.325 e. The number of hydrogen-bond acceptors (Lipinski definition) is 2. The number of nitrogens with one attached hydrogen (secondary N) is 1. The Morgan fingerprint density at radius 1 is 1.12 bits per heavy atom. The Bertz CT molecular complexity index is 843. The Hall–Kier alpha value is -2.47. The smallest absolute Gasteiger partial charge is 0.319 e. The van der Waals surface area contributed by atoms with Crippen molar-refractivity contribution in [3.05, 3.63) is 70.2 Å². The number of carbonyl (C=O) groups excluding carboxylic acids is 2. The molecule has 1 saturated heterocycles. The number of carbonyl (C=O) groups is 2. The van der Waals surface area contributed by atoms with Crippen LogP contribution in [0.4, 0.5) is 13.6 Å². The third kappa shape index (κ3) is 2.63. The molecule has 124 valence electrons. The van der Waals surface area contributed by atoms with Crippen LogP contribution in [0.3, 0.4) is 0 Å². The molecule has 4 nitrogen and oxygen atoms in total. The zero-order valence-corrected chi connectivity index (χ0v) is 13.4. The highest BCUT2D eigenvalue weighted by molar-refractivity contribution is 6.31. The SMILES string of the molecule is CC1(c2ccc(F)c(F)c2)NC(=O)N(Cc2ccccc2Cl)C1=O. The summed E-state index contributed by atoms with van der Waals surface area (Å²) in [7, 11) is 0. The van der Waals surface area contributed by atoms with E-state index in [1.807, 2.05) is 0 Å². The van der Waals surface area contributed by atoms with Crippen molar-refractivity contribution in [2.45, 2.75) is 19.0 Å². The quantitative estimate of drug-likeness (QED) is 0.860. The molecule has 1 N–H and O–H groups in total. The second-order valence-electron chi connectivity index (χ2n) is 5.67. The van der Waals surface area contributed by atoms with Gasteiger partial charge in [0.25, 0.3) is 5.91 Å². The van der Waals surface area contributed by atoms with Crippen LogP contribution in [0.1, 0.15) is 18.1 Å². The molecule has 0 bridgehead atoms. The summed E-state index contributed by atoms with van der Waals surface area (Å²) in [6.45, 7) is 1.44. The Kier molecular flexibility index (Phi) is 4.01. The van der Waals surface area contributed by atoms with Crippen LogP contribution in [-0.4, -0.2) is 16.8 Å². The van der Waals surface area contributed by atoms with Crippen molar-refractivity contribution in [3.63, 3.8) is 0 Å². The fourth-order valence-electron chi connectivity index (χ4n) is 2.64. The molecule has 1 atom stereocenters. The number of nitrogens with zero attached hydrogens (tertiary/aromatic N) is 1. The standard InChI is InChI=1S/C17H13ClF2N2O2/c1-17(11-6-7-13(19)14(20)8-11)15(23)22(16(24)21-17)9-10-4-2-3-5-12(10)18/h2-8H,9H2,1H3,(H,21,24). The number of urea groups is 1. The Labute approximate surface area is 142 Å². The third-order valence-electron chi connectivity index (χ3n) is 4.06. The zero-order chi connectivity index (χ0) is 17.5. The maximum absolute atomic E-state index is 13.5. The van der Waals surface area contributed by atoms with Crippen LogP contribution in [0.25, 0.3) is 0 Å². The molecule has 1 heterocycles. The van der Waals surface area contributed by atoms with Crippen LogP contribution < -0.4 is 5.32 Å². The first kappa shape index (κ1) is 16.4. The molecule has 0 aliphatic carbocycles. The van der Waals surface area contributed by atoms with Gasteiger partial charge in [0.05, 0.1) is 6.54 Å². The van der Waals surface area contributed by atoms with Crippen molar-refractivity contribution in [2.24, 2.45) is 0 Å². The van der Waals surface area contributed by atoms with Crippen molar-refractivity contribution in [1.82, 2.24) is 10.2 Å². The van der Waals surface area contributed by atoms with Gasteiger partial charge in [0.1, 0.15) is 5.54 Å². The largest absolute Gasteiger partial charge is 0.325 e. The second-order valence-corrected chi connectivity index (χ2v) is 6.07. The zero-order valence-electron chi connectivity index (χ0n) is 12.6. The number of hydrogen-bond donors (Lipinski definition) is 1. The van der Waals surface area contributed by atoms with Gasteiger partial charge in [-0.25, -0.2) is 13.6 Å². The van der Waals surface area contributed by atoms with E-state index >= 15 is 0 Å². The lowest BCUT2D eigenvalue weighted by Gasteiger charge is -2.22. The van der Waals surface area contributed by atoms with E-state index in [4.69, 9.17) is 11.6 Å². The summed E-state index contributed by atoms with van der Waals surface area (Å²) in [5.41, 5.74) is -0.689. The Morgan fingerprint density at radius 2 is 1.83 bits per heavy atom. The highest BCUT2D eigenvalue weighted by atomic mass is 35.5. The second kappa shape index (κ2) is 5.87. The minimum Gasteiger partial charge on any atom is -0.319 e. The van der Waals surface area contributed by atoms with E-state index in [2.05, 4.69) is 5.32 Å². The predicted octanol–water partition coefficient (Wildman–Crippen LogP) is 3.59. The highest BCUT2D eigenvalue weighted by Crippen LogP contribution is 2.31. The van der Waals surface area contributed by atoms with Gasteiger partial charge in [-0.3, -0.25) is 9.69 Å². The topological polar surface area (TPSA) is 49.4 Å². The molecule has 1 fully saturated rings. The van der Waals surface area contributed by atoms with Gasteiger partial charge in [-0.2, -0.15) is 0 Å². The Balaban J connectivity index is 1.93. The van der Waals surface area contributed by atoms with E-state index in [0.29, 0.717) is 10.6 Å². The average Bonchev–Trinajstić information content (AvgIpc) is 2.76. The summed E-state index contributed by atoms with van der Waals surface area (Å²) in [6.07, 6.45) is 0. The normalized spacial score (nSPS) is 20.4.